The summed E-state index contributed by atoms with van der Waals surface area (Å²) in [4.78, 5) is 14.2. The fraction of sp³-hybridized carbons (Fsp3) is 0.462. The molecule has 0 aliphatic carbocycles. The molecule has 5 nitrogen and oxygen atoms in total. The highest BCUT2D eigenvalue weighted by Crippen LogP contribution is 2.33. The van der Waals surface area contributed by atoms with Crippen molar-refractivity contribution in [2.45, 2.75) is 12.5 Å². The highest BCUT2D eigenvalue weighted by atomic mass is 16.3. The van der Waals surface area contributed by atoms with Crippen LogP contribution in [-0.4, -0.2) is 46.7 Å². The predicted octanol–water partition coefficient (Wildman–Crippen LogP) is 0.532. The molecule has 0 bridgehead atoms. The standard InChI is InChI=1S/C13H16N2O3/c16-11-3-1-2-9(12(11)17)13(18)15-5-4-8-6-14-7-10(8)15/h1-3,8,10,14,16-17H,4-7H2/t8-,10+/m0/s1. The molecule has 0 saturated carbocycles. The number of benzene rings is 1. The summed E-state index contributed by atoms with van der Waals surface area (Å²) < 4.78 is 0. The Balaban J connectivity index is 1.88. The average Bonchev–Trinajstić information content (AvgIpc) is 2.94. The molecule has 3 rings (SSSR count). The second-order valence-corrected chi connectivity index (χ2v) is 4.95. The Labute approximate surface area is 105 Å². The van der Waals surface area contributed by atoms with Crippen LogP contribution in [0.15, 0.2) is 18.2 Å². The van der Waals surface area contributed by atoms with Crippen LogP contribution in [0.4, 0.5) is 0 Å². The number of nitrogens with zero attached hydrogens (tertiary/aromatic N) is 1. The molecule has 2 heterocycles. The SMILES string of the molecule is O=C(c1cccc(O)c1O)N1CC[C@H]2CNC[C@H]21. The second kappa shape index (κ2) is 4.17. The number of para-hydroxylation sites is 1. The summed E-state index contributed by atoms with van der Waals surface area (Å²) in [6.07, 6.45) is 1.00. The van der Waals surface area contributed by atoms with Crippen LogP contribution in [0.2, 0.25) is 0 Å². The molecule has 1 aromatic rings. The quantitative estimate of drug-likeness (QED) is 0.634. The van der Waals surface area contributed by atoms with Crippen LogP contribution >= 0.6 is 0 Å². The number of phenolic OH excluding ortho intramolecular Hbond substituents is 2. The molecule has 1 aromatic carbocycles. The van der Waals surface area contributed by atoms with E-state index in [0.717, 1.165) is 26.1 Å². The van der Waals surface area contributed by atoms with Gasteiger partial charge in [0.1, 0.15) is 0 Å². The minimum atomic E-state index is -0.322. The summed E-state index contributed by atoms with van der Waals surface area (Å²) in [6, 6.07) is 4.71. The van der Waals surface area contributed by atoms with Gasteiger partial charge in [0.2, 0.25) is 0 Å². The van der Waals surface area contributed by atoms with Crippen molar-refractivity contribution in [3.8, 4) is 11.5 Å². The Kier molecular flexibility index (Phi) is 2.63. The Morgan fingerprint density at radius 2 is 2.17 bits per heavy atom. The number of carbonyl (C=O) groups excluding carboxylic acids is 1. The zero-order chi connectivity index (χ0) is 12.7. The number of nitrogens with one attached hydrogen (secondary N) is 1. The van der Waals surface area contributed by atoms with Crippen LogP contribution in [0.5, 0.6) is 11.5 Å². The topological polar surface area (TPSA) is 72.8 Å². The van der Waals surface area contributed by atoms with Crippen molar-refractivity contribution in [3.63, 3.8) is 0 Å². The Morgan fingerprint density at radius 3 is 3.00 bits per heavy atom. The van der Waals surface area contributed by atoms with E-state index in [0.29, 0.717) is 5.92 Å². The molecule has 18 heavy (non-hydrogen) atoms. The maximum Gasteiger partial charge on any atom is 0.258 e. The van der Waals surface area contributed by atoms with Gasteiger partial charge in [-0.15, -0.1) is 0 Å². The van der Waals surface area contributed by atoms with Crippen molar-refractivity contribution in [1.82, 2.24) is 10.2 Å². The molecule has 2 saturated heterocycles. The lowest BCUT2D eigenvalue weighted by atomic mass is 10.0. The van der Waals surface area contributed by atoms with Gasteiger partial charge in [0, 0.05) is 25.7 Å². The molecule has 2 aliphatic heterocycles. The van der Waals surface area contributed by atoms with Gasteiger partial charge in [-0.05, 0) is 24.5 Å². The largest absolute Gasteiger partial charge is 0.504 e. The fourth-order valence-electron chi connectivity index (χ4n) is 2.96. The van der Waals surface area contributed by atoms with E-state index < -0.39 is 0 Å². The van der Waals surface area contributed by atoms with E-state index in [-0.39, 0.29) is 29.0 Å². The van der Waals surface area contributed by atoms with Gasteiger partial charge < -0.3 is 20.4 Å². The van der Waals surface area contributed by atoms with Gasteiger partial charge in [0.05, 0.1) is 5.56 Å². The summed E-state index contributed by atoms with van der Waals surface area (Å²) >= 11 is 0. The zero-order valence-corrected chi connectivity index (χ0v) is 9.97. The molecule has 96 valence electrons. The van der Waals surface area contributed by atoms with Crippen molar-refractivity contribution >= 4 is 5.91 Å². The minimum Gasteiger partial charge on any atom is -0.504 e. The summed E-state index contributed by atoms with van der Waals surface area (Å²) in [6.45, 7) is 2.50. The van der Waals surface area contributed by atoms with Crippen molar-refractivity contribution in [2.24, 2.45) is 5.92 Å². The lowest BCUT2D eigenvalue weighted by Crippen LogP contribution is -2.39. The highest BCUT2D eigenvalue weighted by Gasteiger charge is 2.40. The summed E-state index contributed by atoms with van der Waals surface area (Å²) in [7, 11) is 0. The van der Waals surface area contributed by atoms with E-state index in [9.17, 15) is 15.0 Å². The van der Waals surface area contributed by atoms with Crippen LogP contribution in [0.1, 0.15) is 16.8 Å². The number of fused-ring (bicyclic) bond motifs is 1. The normalized spacial score (nSPS) is 26.3. The molecule has 0 unspecified atom stereocenters. The third kappa shape index (κ3) is 1.62. The Hall–Kier alpha value is -1.75. The number of amides is 1. The molecule has 5 heteroatoms. The van der Waals surface area contributed by atoms with Crippen molar-refractivity contribution in [2.75, 3.05) is 19.6 Å². The van der Waals surface area contributed by atoms with Gasteiger partial charge in [0.15, 0.2) is 11.5 Å². The molecule has 2 fully saturated rings. The molecule has 3 N–H and O–H groups in total. The smallest absolute Gasteiger partial charge is 0.258 e. The first-order valence-corrected chi connectivity index (χ1v) is 6.21. The Morgan fingerprint density at radius 1 is 1.33 bits per heavy atom. The van der Waals surface area contributed by atoms with Crippen LogP contribution in [0.3, 0.4) is 0 Å². The molecular formula is C13H16N2O3. The highest BCUT2D eigenvalue weighted by molar-refractivity contribution is 5.98. The number of hydrogen-bond donors (Lipinski definition) is 3. The van der Waals surface area contributed by atoms with Crippen molar-refractivity contribution in [3.05, 3.63) is 23.8 Å². The minimum absolute atomic E-state index is 0.183. The van der Waals surface area contributed by atoms with Crippen LogP contribution < -0.4 is 5.32 Å². The number of carbonyl (C=O) groups is 1. The van der Waals surface area contributed by atoms with Crippen LogP contribution in [0.25, 0.3) is 0 Å². The van der Waals surface area contributed by atoms with Gasteiger partial charge >= 0.3 is 0 Å². The molecule has 2 atom stereocenters. The molecule has 0 radical (unpaired) electrons. The van der Waals surface area contributed by atoms with Gasteiger partial charge in [-0.2, -0.15) is 0 Å². The monoisotopic (exact) mass is 248 g/mol. The lowest BCUT2D eigenvalue weighted by Gasteiger charge is -2.23. The number of hydrogen-bond acceptors (Lipinski definition) is 4. The van der Waals surface area contributed by atoms with Crippen molar-refractivity contribution in [1.29, 1.82) is 0 Å². The van der Waals surface area contributed by atoms with Crippen LogP contribution in [0, 0.1) is 5.92 Å². The fourth-order valence-corrected chi connectivity index (χ4v) is 2.96. The number of phenols is 2. The van der Waals surface area contributed by atoms with Gasteiger partial charge in [-0.25, -0.2) is 0 Å². The van der Waals surface area contributed by atoms with E-state index >= 15 is 0 Å². The molecule has 1 amide bonds. The molecule has 0 spiro atoms. The number of likely N-dealkylation sites (tertiary alicyclic amines) is 1. The van der Waals surface area contributed by atoms with E-state index in [4.69, 9.17) is 0 Å². The summed E-state index contributed by atoms with van der Waals surface area (Å²) in [5.41, 5.74) is 0.183. The average molecular weight is 248 g/mol. The first-order valence-electron chi connectivity index (χ1n) is 6.21. The van der Waals surface area contributed by atoms with E-state index in [2.05, 4.69) is 5.32 Å². The zero-order valence-electron chi connectivity index (χ0n) is 9.97. The number of rotatable bonds is 1. The van der Waals surface area contributed by atoms with Crippen molar-refractivity contribution < 1.29 is 15.0 Å². The third-order valence-corrected chi connectivity index (χ3v) is 3.95. The lowest BCUT2D eigenvalue weighted by molar-refractivity contribution is 0.0733. The maximum absolute atomic E-state index is 12.4. The maximum atomic E-state index is 12.4. The molecule has 2 aliphatic rings. The predicted molar refractivity (Wildman–Crippen MR) is 65.6 cm³/mol. The summed E-state index contributed by atoms with van der Waals surface area (Å²) in [5.74, 6) is -0.244. The Bertz CT molecular complexity index is 489. The second-order valence-electron chi connectivity index (χ2n) is 4.95. The van der Waals surface area contributed by atoms with E-state index in [1.54, 1.807) is 17.0 Å². The van der Waals surface area contributed by atoms with Crippen LogP contribution in [-0.2, 0) is 0 Å². The third-order valence-electron chi connectivity index (χ3n) is 3.95. The first kappa shape index (κ1) is 11.3. The van der Waals surface area contributed by atoms with Gasteiger partial charge in [-0.3, -0.25) is 4.79 Å². The van der Waals surface area contributed by atoms with Gasteiger partial charge in [-0.1, -0.05) is 6.07 Å². The van der Waals surface area contributed by atoms with E-state index in [1.165, 1.54) is 6.07 Å². The van der Waals surface area contributed by atoms with E-state index in [1.807, 2.05) is 0 Å². The first-order chi connectivity index (χ1) is 8.68. The molecule has 0 aromatic heterocycles. The summed E-state index contributed by atoms with van der Waals surface area (Å²) in [5, 5.41) is 22.5. The molecular weight excluding hydrogens is 232 g/mol. The number of aromatic hydroxyl groups is 2. The van der Waals surface area contributed by atoms with Gasteiger partial charge in [0.25, 0.3) is 5.91 Å².